The second kappa shape index (κ2) is 3.67. The standard InChI is InChI=1S/C14H13/c1-11-6-8-13(9-7-11)14-5-3-4-12(2)10-14/h3-10H,1H2,2H3. The van der Waals surface area contributed by atoms with Crippen LogP contribution in [0.15, 0.2) is 48.5 Å². The summed E-state index contributed by atoms with van der Waals surface area (Å²) in [6.45, 7) is 5.98. The van der Waals surface area contributed by atoms with Crippen molar-refractivity contribution < 1.29 is 0 Å². The maximum absolute atomic E-state index is 3.87. The molecule has 0 aliphatic heterocycles. The Morgan fingerprint density at radius 2 is 1.57 bits per heavy atom. The molecule has 0 bridgehead atoms. The molecule has 0 nitrogen and oxygen atoms in total. The van der Waals surface area contributed by atoms with Gasteiger partial charge >= 0.3 is 0 Å². The summed E-state index contributed by atoms with van der Waals surface area (Å²) in [4.78, 5) is 0. The third kappa shape index (κ3) is 1.85. The number of rotatable bonds is 1. The normalized spacial score (nSPS) is 10.1. The van der Waals surface area contributed by atoms with E-state index in [0.29, 0.717) is 0 Å². The van der Waals surface area contributed by atoms with Gasteiger partial charge in [-0.05, 0) is 30.5 Å². The molecule has 0 aliphatic rings. The summed E-state index contributed by atoms with van der Waals surface area (Å²) in [5.41, 5.74) is 4.87. The van der Waals surface area contributed by atoms with Crippen LogP contribution in [-0.2, 0) is 0 Å². The SMILES string of the molecule is [CH2]c1ccc(-c2cccc(C)c2)cc1. The largest absolute Gasteiger partial charge is 0.0614 e. The zero-order valence-corrected chi connectivity index (χ0v) is 8.33. The van der Waals surface area contributed by atoms with E-state index in [0.717, 1.165) is 5.56 Å². The Bertz CT molecular complexity index is 424. The average molecular weight is 181 g/mol. The van der Waals surface area contributed by atoms with E-state index in [1.165, 1.54) is 16.7 Å². The van der Waals surface area contributed by atoms with Crippen LogP contribution in [0.25, 0.3) is 11.1 Å². The van der Waals surface area contributed by atoms with Crippen LogP contribution in [0.4, 0.5) is 0 Å². The van der Waals surface area contributed by atoms with Crippen LogP contribution < -0.4 is 0 Å². The predicted molar refractivity (Wildman–Crippen MR) is 61.1 cm³/mol. The van der Waals surface area contributed by atoms with Gasteiger partial charge in [0.15, 0.2) is 0 Å². The molecule has 2 aromatic carbocycles. The number of aryl methyl sites for hydroxylation is 1. The van der Waals surface area contributed by atoms with Crippen molar-refractivity contribution >= 4 is 0 Å². The lowest BCUT2D eigenvalue weighted by molar-refractivity contribution is 1.46. The van der Waals surface area contributed by atoms with E-state index in [9.17, 15) is 0 Å². The molecule has 2 rings (SSSR count). The van der Waals surface area contributed by atoms with Gasteiger partial charge in [-0.15, -0.1) is 0 Å². The number of hydrogen-bond acceptors (Lipinski definition) is 0. The topological polar surface area (TPSA) is 0 Å². The summed E-state index contributed by atoms with van der Waals surface area (Å²) in [6.07, 6.45) is 0. The fourth-order valence-corrected chi connectivity index (χ4v) is 1.52. The second-order valence-corrected chi connectivity index (χ2v) is 3.57. The molecule has 0 N–H and O–H groups in total. The fourth-order valence-electron chi connectivity index (χ4n) is 1.52. The Hall–Kier alpha value is -1.56. The summed E-state index contributed by atoms with van der Waals surface area (Å²) in [5.74, 6) is 0. The van der Waals surface area contributed by atoms with E-state index < -0.39 is 0 Å². The fraction of sp³-hybridized carbons (Fsp3) is 0.0714. The van der Waals surface area contributed by atoms with Crippen LogP contribution in [0, 0.1) is 13.8 Å². The Morgan fingerprint density at radius 1 is 0.857 bits per heavy atom. The van der Waals surface area contributed by atoms with Crippen molar-refractivity contribution in [2.75, 3.05) is 0 Å². The molecule has 0 heteroatoms. The van der Waals surface area contributed by atoms with Gasteiger partial charge in [0.25, 0.3) is 0 Å². The Morgan fingerprint density at radius 3 is 2.21 bits per heavy atom. The number of benzene rings is 2. The third-order valence-corrected chi connectivity index (χ3v) is 2.31. The van der Waals surface area contributed by atoms with E-state index in [4.69, 9.17) is 0 Å². The highest BCUT2D eigenvalue weighted by atomic mass is 14.0. The minimum Gasteiger partial charge on any atom is -0.0614 e. The third-order valence-electron chi connectivity index (χ3n) is 2.31. The lowest BCUT2D eigenvalue weighted by Gasteiger charge is -2.02. The van der Waals surface area contributed by atoms with Gasteiger partial charge in [0, 0.05) is 0 Å². The highest BCUT2D eigenvalue weighted by Gasteiger charge is 1.96. The van der Waals surface area contributed by atoms with Gasteiger partial charge in [0.1, 0.15) is 0 Å². The molecule has 0 aliphatic carbocycles. The molecule has 0 saturated heterocycles. The van der Waals surface area contributed by atoms with Crippen molar-refractivity contribution in [1.82, 2.24) is 0 Å². The van der Waals surface area contributed by atoms with Crippen LogP contribution in [0.3, 0.4) is 0 Å². The van der Waals surface area contributed by atoms with Crippen molar-refractivity contribution in [3.63, 3.8) is 0 Å². The van der Waals surface area contributed by atoms with E-state index >= 15 is 0 Å². The maximum atomic E-state index is 3.87. The van der Waals surface area contributed by atoms with Gasteiger partial charge in [-0.2, -0.15) is 0 Å². The van der Waals surface area contributed by atoms with Crippen molar-refractivity contribution in [1.29, 1.82) is 0 Å². The van der Waals surface area contributed by atoms with E-state index in [1.54, 1.807) is 0 Å². The molecule has 14 heavy (non-hydrogen) atoms. The van der Waals surface area contributed by atoms with E-state index in [-0.39, 0.29) is 0 Å². The minimum atomic E-state index is 1.06. The molecule has 0 heterocycles. The van der Waals surface area contributed by atoms with Crippen LogP contribution >= 0.6 is 0 Å². The molecule has 0 saturated carbocycles. The highest BCUT2D eigenvalue weighted by molar-refractivity contribution is 5.64. The quantitative estimate of drug-likeness (QED) is 0.627. The number of hydrogen-bond donors (Lipinski definition) is 0. The lowest BCUT2D eigenvalue weighted by Crippen LogP contribution is -1.79. The summed E-state index contributed by atoms with van der Waals surface area (Å²) in [7, 11) is 0. The smallest absolute Gasteiger partial charge is 0.0181 e. The maximum Gasteiger partial charge on any atom is -0.0181 e. The predicted octanol–water partition coefficient (Wildman–Crippen LogP) is 3.84. The summed E-state index contributed by atoms with van der Waals surface area (Å²) in [5, 5.41) is 0. The molecule has 2 aromatic rings. The van der Waals surface area contributed by atoms with Gasteiger partial charge in [-0.1, -0.05) is 54.1 Å². The second-order valence-electron chi connectivity index (χ2n) is 3.57. The molecule has 0 atom stereocenters. The monoisotopic (exact) mass is 181 g/mol. The van der Waals surface area contributed by atoms with Crippen LogP contribution in [0.1, 0.15) is 11.1 Å². The first kappa shape index (κ1) is 9.01. The summed E-state index contributed by atoms with van der Waals surface area (Å²) in [6, 6.07) is 16.8. The van der Waals surface area contributed by atoms with Crippen LogP contribution in [-0.4, -0.2) is 0 Å². The molecule has 0 fully saturated rings. The molecular formula is C14H13. The Labute approximate surface area is 85.2 Å². The molecule has 0 spiro atoms. The molecule has 0 amide bonds. The first-order chi connectivity index (χ1) is 6.75. The summed E-state index contributed by atoms with van der Waals surface area (Å²) >= 11 is 0. The van der Waals surface area contributed by atoms with E-state index in [1.807, 2.05) is 12.1 Å². The van der Waals surface area contributed by atoms with Gasteiger partial charge in [-0.25, -0.2) is 0 Å². The first-order valence-electron chi connectivity index (χ1n) is 4.75. The molecule has 0 unspecified atom stereocenters. The Kier molecular flexibility index (Phi) is 2.36. The zero-order valence-electron chi connectivity index (χ0n) is 8.33. The van der Waals surface area contributed by atoms with Crippen LogP contribution in [0.2, 0.25) is 0 Å². The van der Waals surface area contributed by atoms with Crippen LogP contribution in [0.5, 0.6) is 0 Å². The molecule has 0 aromatic heterocycles. The average Bonchev–Trinajstić information content (AvgIpc) is 2.19. The van der Waals surface area contributed by atoms with Gasteiger partial charge in [-0.3, -0.25) is 0 Å². The van der Waals surface area contributed by atoms with Gasteiger partial charge in [0.2, 0.25) is 0 Å². The molecular weight excluding hydrogens is 168 g/mol. The molecule has 69 valence electrons. The minimum absolute atomic E-state index is 1.06. The van der Waals surface area contributed by atoms with Gasteiger partial charge < -0.3 is 0 Å². The lowest BCUT2D eigenvalue weighted by atomic mass is 10.0. The highest BCUT2D eigenvalue weighted by Crippen LogP contribution is 2.20. The van der Waals surface area contributed by atoms with Crippen molar-refractivity contribution in [2.45, 2.75) is 6.92 Å². The zero-order chi connectivity index (χ0) is 9.97. The van der Waals surface area contributed by atoms with Crippen molar-refractivity contribution in [3.05, 3.63) is 66.6 Å². The first-order valence-corrected chi connectivity index (χ1v) is 4.75. The van der Waals surface area contributed by atoms with Crippen molar-refractivity contribution in [3.8, 4) is 11.1 Å². The molecule has 1 radical (unpaired) electrons. The summed E-state index contributed by atoms with van der Waals surface area (Å²) < 4.78 is 0. The van der Waals surface area contributed by atoms with E-state index in [2.05, 4.69) is 50.2 Å². The Balaban J connectivity index is 2.44. The van der Waals surface area contributed by atoms with Crippen molar-refractivity contribution in [2.24, 2.45) is 0 Å². The van der Waals surface area contributed by atoms with Gasteiger partial charge in [0.05, 0.1) is 0 Å².